The van der Waals surface area contributed by atoms with Gasteiger partial charge >= 0.3 is 0 Å². The van der Waals surface area contributed by atoms with Crippen LogP contribution in [0.2, 0.25) is 0 Å². The maximum absolute atomic E-state index is 6.03. The van der Waals surface area contributed by atoms with Crippen molar-refractivity contribution in [1.82, 2.24) is 9.78 Å². The van der Waals surface area contributed by atoms with Crippen molar-refractivity contribution >= 4 is 32.4 Å². The van der Waals surface area contributed by atoms with Crippen LogP contribution in [0.1, 0.15) is 68.7 Å². The van der Waals surface area contributed by atoms with Crippen LogP contribution in [0.5, 0.6) is 0 Å². The normalized spacial score (nSPS) is 30.8. The summed E-state index contributed by atoms with van der Waals surface area (Å²) in [6.07, 6.45) is 12.7. The molecule has 4 aliphatic carbocycles. The third-order valence-corrected chi connectivity index (χ3v) is 9.28. The lowest BCUT2D eigenvalue weighted by molar-refractivity contribution is -0.0366. The summed E-state index contributed by atoms with van der Waals surface area (Å²) in [6.45, 7) is 0.842. The Hall–Kier alpha value is -1.91. The Bertz CT molecular complexity index is 1190. The van der Waals surface area contributed by atoms with E-state index in [1.165, 1.54) is 66.1 Å². The summed E-state index contributed by atoms with van der Waals surface area (Å²) in [6, 6.07) is 16.0. The number of benzene rings is 2. The van der Waals surface area contributed by atoms with Gasteiger partial charge < -0.3 is 4.74 Å². The van der Waals surface area contributed by atoms with Crippen LogP contribution in [0.25, 0.3) is 16.5 Å². The second-order valence-corrected chi connectivity index (χ2v) is 11.7. The molecule has 1 aromatic heterocycles. The van der Waals surface area contributed by atoms with Gasteiger partial charge in [0.15, 0.2) is 6.23 Å². The SMILES string of the molecule is Brc1ccc(C(=C2C3CC4CC(C3)CC2C4)c2ccc3c(cnn3C3CCCCO3)c2)cc1. The molecule has 3 aromatic rings. The first-order chi connectivity index (χ1) is 16.2. The zero-order valence-electron chi connectivity index (χ0n) is 19.1. The molecule has 1 unspecified atom stereocenters. The minimum Gasteiger partial charge on any atom is -0.356 e. The van der Waals surface area contributed by atoms with E-state index in [1.54, 1.807) is 5.57 Å². The van der Waals surface area contributed by atoms with E-state index < -0.39 is 0 Å². The molecule has 1 saturated heterocycles. The summed E-state index contributed by atoms with van der Waals surface area (Å²) in [5.74, 6) is 3.49. The van der Waals surface area contributed by atoms with Crippen molar-refractivity contribution in [2.24, 2.45) is 23.7 Å². The molecule has 0 radical (unpaired) electrons. The van der Waals surface area contributed by atoms with E-state index in [9.17, 15) is 0 Å². The summed E-state index contributed by atoms with van der Waals surface area (Å²) in [4.78, 5) is 0. The van der Waals surface area contributed by atoms with Gasteiger partial charge in [0.05, 0.1) is 11.7 Å². The molecule has 2 heterocycles. The first-order valence-electron chi connectivity index (χ1n) is 12.8. The third kappa shape index (κ3) is 3.52. The van der Waals surface area contributed by atoms with Gasteiger partial charge in [-0.25, -0.2) is 4.68 Å². The molecule has 1 aliphatic heterocycles. The zero-order valence-corrected chi connectivity index (χ0v) is 20.6. The van der Waals surface area contributed by atoms with Gasteiger partial charge in [-0.3, -0.25) is 0 Å². The summed E-state index contributed by atoms with van der Waals surface area (Å²) >= 11 is 3.64. The van der Waals surface area contributed by atoms with Crippen LogP contribution in [0.3, 0.4) is 0 Å². The van der Waals surface area contributed by atoms with Crippen LogP contribution in [0.15, 0.2) is 58.7 Å². The quantitative estimate of drug-likeness (QED) is 0.365. The summed E-state index contributed by atoms with van der Waals surface area (Å²) in [5, 5.41) is 5.98. The van der Waals surface area contributed by atoms with Crippen LogP contribution in [-0.4, -0.2) is 16.4 Å². The van der Waals surface area contributed by atoms with Crippen molar-refractivity contribution in [1.29, 1.82) is 0 Å². The maximum Gasteiger partial charge on any atom is 0.150 e. The average Bonchev–Trinajstić information content (AvgIpc) is 3.26. The molecule has 5 fully saturated rings. The summed E-state index contributed by atoms with van der Waals surface area (Å²) < 4.78 is 9.28. The number of allylic oxidation sites excluding steroid dienone is 1. The van der Waals surface area contributed by atoms with Crippen LogP contribution >= 0.6 is 15.9 Å². The number of halogens is 1. The largest absolute Gasteiger partial charge is 0.356 e. The fourth-order valence-corrected chi connectivity index (χ4v) is 7.84. The van der Waals surface area contributed by atoms with E-state index in [1.807, 2.05) is 6.20 Å². The van der Waals surface area contributed by atoms with Crippen LogP contribution in [0.4, 0.5) is 0 Å². The van der Waals surface area contributed by atoms with Gasteiger partial charge in [-0.2, -0.15) is 5.10 Å². The topological polar surface area (TPSA) is 27.1 Å². The second kappa shape index (κ2) is 8.09. The lowest BCUT2D eigenvalue weighted by Crippen LogP contribution is -2.40. The van der Waals surface area contributed by atoms with Crippen molar-refractivity contribution < 1.29 is 4.74 Å². The van der Waals surface area contributed by atoms with Crippen LogP contribution in [-0.2, 0) is 4.74 Å². The fourth-order valence-electron chi connectivity index (χ4n) is 7.57. The van der Waals surface area contributed by atoms with E-state index in [2.05, 4.69) is 63.1 Å². The molecule has 33 heavy (non-hydrogen) atoms. The highest BCUT2D eigenvalue weighted by molar-refractivity contribution is 9.10. The number of hydrogen-bond acceptors (Lipinski definition) is 2. The molecule has 0 amide bonds. The van der Waals surface area contributed by atoms with E-state index >= 15 is 0 Å². The Balaban J connectivity index is 1.36. The molecule has 170 valence electrons. The van der Waals surface area contributed by atoms with Crippen LogP contribution < -0.4 is 0 Å². The van der Waals surface area contributed by atoms with Gasteiger partial charge in [-0.05, 0) is 116 Å². The fraction of sp³-hybridized carbons (Fsp3) is 0.483. The van der Waals surface area contributed by atoms with Crippen molar-refractivity contribution in [2.45, 2.75) is 57.6 Å². The molecule has 0 N–H and O–H groups in total. The molecule has 8 rings (SSSR count). The Labute approximate surface area is 204 Å². The lowest BCUT2D eigenvalue weighted by atomic mass is 9.53. The lowest BCUT2D eigenvalue weighted by Gasteiger charge is -2.52. The highest BCUT2D eigenvalue weighted by Crippen LogP contribution is 2.58. The van der Waals surface area contributed by atoms with Crippen LogP contribution in [0, 0.1) is 23.7 Å². The Morgan fingerprint density at radius 3 is 2.30 bits per heavy atom. The molecule has 4 saturated carbocycles. The van der Waals surface area contributed by atoms with E-state index in [0.717, 1.165) is 47.6 Å². The van der Waals surface area contributed by atoms with Crippen molar-refractivity contribution in [2.75, 3.05) is 6.61 Å². The highest BCUT2D eigenvalue weighted by Gasteiger charge is 2.46. The molecule has 1 atom stereocenters. The molecule has 4 heteroatoms. The van der Waals surface area contributed by atoms with Gasteiger partial charge in [-0.1, -0.05) is 39.7 Å². The Kier molecular flexibility index (Phi) is 5.02. The number of nitrogens with zero attached hydrogens (tertiary/aromatic N) is 2. The smallest absolute Gasteiger partial charge is 0.150 e. The second-order valence-electron chi connectivity index (χ2n) is 10.8. The molecule has 0 spiro atoms. The van der Waals surface area contributed by atoms with Gasteiger partial charge in [-0.15, -0.1) is 0 Å². The molecule has 5 aliphatic rings. The van der Waals surface area contributed by atoms with E-state index in [0.29, 0.717) is 0 Å². The zero-order chi connectivity index (χ0) is 21.9. The highest BCUT2D eigenvalue weighted by atomic mass is 79.9. The van der Waals surface area contributed by atoms with Crippen molar-refractivity contribution in [3.05, 3.63) is 69.8 Å². The monoisotopic (exact) mass is 502 g/mol. The molecular formula is C29H31BrN2O. The minimum absolute atomic E-state index is 0.0795. The first-order valence-corrected chi connectivity index (χ1v) is 13.6. The Morgan fingerprint density at radius 1 is 0.879 bits per heavy atom. The summed E-state index contributed by atoms with van der Waals surface area (Å²) in [5.41, 5.74) is 7.17. The number of hydrogen-bond donors (Lipinski definition) is 0. The number of rotatable bonds is 3. The number of ether oxygens (including phenoxy) is 1. The van der Waals surface area contributed by atoms with Gasteiger partial charge in [0.25, 0.3) is 0 Å². The molecule has 2 aromatic carbocycles. The van der Waals surface area contributed by atoms with Crippen molar-refractivity contribution in [3.63, 3.8) is 0 Å². The standard InChI is InChI=1S/C29H31BrN2O/c30-25-7-4-20(5-8-25)28(29-22-12-18-11-19(14-22)15-23(29)13-18)21-6-9-26-24(16-21)17-31-32(26)27-3-1-2-10-33-27/h4-9,16-19,22-23,27H,1-3,10-15H2. The average molecular weight is 503 g/mol. The van der Waals surface area contributed by atoms with Gasteiger partial charge in [0.2, 0.25) is 0 Å². The number of fused-ring (bicyclic) bond motifs is 1. The van der Waals surface area contributed by atoms with Gasteiger partial charge in [0, 0.05) is 16.5 Å². The van der Waals surface area contributed by atoms with Crippen molar-refractivity contribution in [3.8, 4) is 0 Å². The maximum atomic E-state index is 6.03. The molecular weight excluding hydrogens is 472 g/mol. The number of aromatic nitrogens is 2. The minimum atomic E-state index is 0.0795. The Morgan fingerprint density at radius 2 is 1.61 bits per heavy atom. The third-order valence-electron chi connectivity index (χ3n) is 8.75. The molecule has 4 bridgehead atoms. The first kappa shape index (κ1) is 20.5. The predicted octanol–water partition coefficient (Wildman–Crippen LogP) is 7.76. The van der Waals surface area contributed by atoms with Gasteiger partial charge in [0.1, 0.15) is 0 Å². The molecule has 3 nitrogen and oxygen atoms in total. The summed E-state index contributed by atoms with van der Waals surface area (Å²) in [7, 11) is 0. The van der Waals surface area contributed by atoms with E-state index in [-0.39, 0.29) is 6.23 Å². The van der Waals surface area contributed by atoms with E-state index in [4.69, 9.17) is 9.84 Å². The predicted molar refractivity (Wildman–Crippen MR) is 136 cm³/mol.